The van der Waals surface area contributed by atoms with E-state index in [-0.39, 0.29) is 36.8 Å². The Morgan fingerprint density at radius 1 is 1.07 bits per heavy atom. The molecule has 6 N–H and O–H groups in total. The molecule has 1 saturated heterocycles. The highest BCUT2D eigenvalue weighted by Crippen LogP contribution is 2.26. The maximum atomic E-state index is 14.0. The number of aliphatic hydroxyl groups is 2. The number of nitrogens with zero attached hydrogens (tertiary/aromatic N) is 1. The molecule has 236 valence electrons. The Hall–Kier alpha value is -3.33. The molecule has 0 saturated carbocycles. The average molecular weight is 627 g/mol. The molecule has 3 atom stereocenters. The van der Waals surface area contributed by atoms with Crippen LogP contribution in [0, 0.1) is 23.4 Å². The Morgan fingerprint density at radius 2 is 1.72 bits per heavy atom. The molecule has 1 aliphatic rings. The zero-order valence-electron chi connectivity index (χ0n) is 23.9. The van der Waals surface area contributed by atoms with Crippen molar-refractivity contribution in [2.75, 3.05) is 30.8 Å². The Bertz CT molecular complexity index is 1270. The highest BCUT2D eigenvalue weighted by molar-refractivity contribution is 8.00. The summed E-state index contributed by atoms with van der Waals surface area (Å²) in [5.74, 6) is -4.46. The molecule has 0 spiro atoms. The van der Waals surface area contributed by atoms with E-state index in [9.17, 15) is 37.8 Å². The van der Waals surface area contributed by atoms with Crippen molar-refractivity contribution in [2.45, 2.75) is 56.8 Å². The van der Waals surface area contributed by atoms with Crippen LogP contribution in [-0.2, 0) is 32.1 Å². The number of thioether (sulfide) groups is 1. The van der Waals surface area contributed by atoms with Crippen molar-refractivity contribution in [2.24, 2.45) is 11.7 Å². The van der Waals surface area contributed by atoms with Crippen LogP contribution in [0.25, 0.3) is 0 Å². The second-order valence-corrected chi connectivity index (χ2v) is 11.7. The number of anilines is 1. The Kier molecular flexibility index (Phi) is 12.7. The molecule has 0 aromatic heterocycles. The van der Waals surface area contributed by atoms with Crippen molar-refractivity contribution in [1.82, 2.24) is 10.2 Å². The summed E-state index contributed by atoms with van der Waals surface area (Å²) >= 11 is 1.30. The maximum absolute atomic E-state index is 14.0. The fourth-order valence-corrected chi connectivity index (χ4v) is 5.56. The lowest BCUT2D eigenvalue weighted by atomic mass is 10.0. The van der Waals surface area contributed by atoms with Crippen LogP contribution in [0.4, 0.5) is 18.9 Å². The van der Waals surface area contributed by atoms with Gasteiger partial charge in [0.25, 0.3) is 5.91 Å². The van der Waals surface area contributed by atoms with Gasteiger partial charge >= 0.3 is 5.97 Å². The van der Waals surface area contributed by atoms with Crippen LogP contribution in [0.3, 0.4) is 0 Å². The number of hydrogen-bond donors (Lipinski definition) is 5. The first kappa shape index (κ1) is 34.2. The van der Waals surface area contributed by atoms with Gasteiger partial charge in [-0.3, -0.25) is 9.59 Å². The molecule has 0 aliphatic carbocycles. The third-order valence-corrected chi connectivity index (χ3v) is 8.00. The zero-order valence-corrected chi connectivity index (χ0v) is 24.7. The fraction of sp³-hybridized carbons (Fsp3) is 0.483. The zero-order chi connectivity index (χ0) is 31.7. The van der Waals surface area contributed by atoms with E-state index >= 15 is 0 Å². The molecule has 10 nitrogen and oxygen atoms in total. The molecule has 2 amide bonds. The van der Waals surface area contributed by atoms with Gasteiger partial charge in [0, 0.05) is 43.1 Å². The first-order valence-corrected chi connectivity index (χ1v) is 14.8. The highest BCUT2D eigenvalue weighted by atomic mass is 32.2. The molecule has 2 unspecified atom stereocenters. The predicted molar refractivity (Wildman–Crippen MR) is 155 cm³/mol. The molecule has 2 aromatic rings. The third kappa shape index (κ3) is 9.58. The number of nitrogens with one attached hydrogen (secondary N) is 2. The molecule has 43 heavy (non-hydrogen) atoms. The van der Waals surface area contributed by atoms with Crippen molar-refractivity contribution in [1.29, 1.82) is 0 Å². The van der Waals surface area contributed by atoms with Crippen molar-refractivity contribution in [3.8, 4) is 0 Å². The number of carbonyl (C=O) groups is 3. The molecular weight excluding hydrogens is 589 g/mol. The van der Waals surface area contributed by atoms with Crippen molar-refractivity contribution in [3.63, 3.8) is 0 Å². The minimum Gasteiger partial charge on any atom is -0.456 e. The Balaban J connectivity index is 1.52. The predicted octanol–water partition coefficient (Wildman–Crippen LogP) is 1.91. The average Bonchev–Trinajstić information content (AvgIpc) is 3.47. The number of ether oxygens (including phenoxy) is 1. The molecule has 3 rings (SSSR count). The molecule has 14 heteroatoms. The van der Waals surface area contributed by atoms with Crippen molar-refractivity contribution >= 4 is 35.2 Å². The minimum absolute atomic E-state index is 0.137. The van der Waals surface area contributed by atoms with Gasteiger partial charge in [-0.15, -0.1) is 11.8 Å². The van der Waals surface area contributed by atoms with Crippen LogP contribution in [0.1, 0.15) is 31.4 Å². The van der Waals surface area contributed by atoms with Crippen LogP contribution >= 0.6 is 11.8 Å². The summed E-state index contributed by atoms with van der Waals surface area (Å²) in [4.78, 5) is 39.8. The van der Waals surface area contributed by atoms with E-state index in [1.165, 1.54) is 16.7 Å². The van der Waals surface area contributed by atoms with Crippen molar-refractivity contribution in [3.05, 3.63) is 65.0 Å². The lowest BCUT2D eigenvalue weighted by Gasteiger charge is -2.25. The van der Waals surface area contributed by atoms with Crippen molar-refractivity contribution < 1.29 is 42.5 Å². The first-order chi connectivity index (χ1) is 20.4. The number of rotatable bonds is 14. The highest BCUT2D eigenvalue weighted by Gasteiger charge is 2.35. The van der Waals surface area contributed by atoms with E-state index in [0.29, 0.717) is 24.1 Å². The van der Waals surface area contributed by atoms with Gasteiger partial charge in [0.1, 0.15) is 18.0 Å². The molecule has 0 bridgehead atoms. The number of amides is 2. The number of aliphatic hydroxyl groups excluding tert-OH is 2. The monoisotopic (exact) mass is 626 g/mol. The largest absolute Gasteiger partial charge is 0.456 e. The van der Waals surface area contributed by atoms with Crippen LogP contribution < -0.4 is 16.4 Å². The standard InChI is InChI=1S/C29H37F3N4O6S/c1-16(2)26(29(41)42-21(14-37)15-38)35-20-5-3-17(4-6-20)13-34-27(40)28-36(7-8-43-28)25(39)11-19(33)9-18-10-23(31)24(32)12-22(18)30/h3-6,10,12,16,19,21,26,28,35,37-38H,7-9,11,13-15,33H2,1-2H3,(H,34,40)/t19?,26?,28-/m0/s1. The quantitative estimate of drug-likeness (QED) is 0.156. The number of nitrogens with two attached hydrogens (primary N) is 1. The van der Waals surface area contributed by atoms with Crippen LogP contribution in [0.5, 0.6) is 0 Å². The summed E-state index contributed by atoms with van der Waals surface area (Å²) in [5, 5.41) is 23.5. The van der Waals surface area contributed by atoms with Gasteiger partial charge in [0.15, 0.2) is 17.0 Å². The topological polar surface area (TPSA) is 154 Å². The second-order valence-electron chi connectivity index (χ2n) is 10.5. The first-order valence-electron chi connectivity index (χ1n) is 13.8. The van der Waals surface area contributed by atoms with Gasteiger partial charge < -0.3 is 36.2 Å². The van der Waals surface area contributed by atoms with E-state index in [1.54, 1.807) is 24.3 Å². The van der Waals surface area contributed by atoms with Gasteiger partial charge in [0.05, 0.1) is 13.2 Å². The fourth-order valence-electron chi connectivity index (χ4n) is 4.40. The molecule has 1 aliphatic heterocycles. The van der Waals surface area contributed by atoms with E-state index in [2.05, 4.69) is 10.6 Å². The van der Waals surface area contributed by atoms with E-state index in [1.807, 2.05) is 13.8 Å². The van der Waals surface area contributed by atoms with Gasteiger partial charge in [-0.1, -0.05) is 26.0 Å². The lowest BCUT2D eigenvalue weighted by Crippen LogP contribution is -2.46. The number of hydrogen-bond acceptors (Lipinski definition) is 9. The van der Waals surface area contributed by atoms with Gasteiger partial charge in [-0.25, -0.2) is 18.0 Å². The normalized spacial score (nSPS) is 16.3. The van der Waals surface area contributed by atoms with Crippen LogP contribution in [-0.4, -0.2) is 82.0 Å². The summed E-state index contributed by atoms with van der Waals surface area (Å²) in [6, 6.07) is 6.56. The van der Waals surface area contributed by atoms with E-state index in [4.69, 9.17) is 10.5 Å². The second kappa shape index (κ2) is 15.9. The Labute approximate surface area is 252 Å². The lowest BCUT2D eigenvalue weighted by molar-refractivity contribution is -0.155. The van der Waals surface area contributed by atoms with Gasteiger partial charge in [-0.2, -0.15) is 0 Å². The smallest absolute Gasteiger partial charge is 0.329 e. The summed E-state index contributed by atoms with van der Waals surface area (Å²) in [6.45, 7) is 3.17. The molecular formula is C29H37F3N4O6S. The Morgan fingerprint density at radius 3 is 2.35 bits per heavy atom. The number of halogens is 3. The third-order valence-electron chi connectivity index (χ3n) is 6.80. The van der Waals surface area contributed by atoms with E-state index in [0.717, 1.165) is 11.6 Å². The van der Waals surface area contributed by atoms with Gasteiger partial charge in [-0.05, 0) is 41.7 Å². The number of carbonyl (C=O) groups excluding carboxylic acids is 3. The number of esters is 1. The summed E-state index contributed by atoms with van der Waals surface area (Å²) < 4.78 is 45.8. The minimum atomic E-state index is -1.31. The molecule has 1 heterocycles. The van der Waals surface area contributed by atoms with Crippen LogP contribution in [0.2, 0.25) is 0 Å². The molecule has 0 radical (unpaired) electrons. The van der Waals surface area contributed by atoms with Crippen LogP contribution in [0.15, 0.2) is 36.4 Å². The summed E-state index contributed by atoms with van der Waals surface area (Å²) in [7, 11) is 0. The molecule has 1 fully saturated rings. The molecule has 2 aromatic carbocycles. The summed E-state index contributed by atoms with van der Waals surface area (Å²) in [5.41, 5.74) is 7.26. The van der Waals surface area contributed by atoms with Gasteiger partial charge in [0.2, 0.25) is 5.91 Å². The summed E-state index contributed by atoms with van der Waals surface area (Å²) in [6.07, 6.45) is -1.38. The SMILES string of the molecule is CC(C)C(Nc1ccc(CNC(=O)[C@@H]2SCCN2C(=O)CC(N)Cc2cc(F)c(F)cc2F)cc1)C(=O)OC(CO)CO. The van der Waals surface area contributed by atoms with E-state index < -0.39 is 66.1 Å². The maximum Gasteiger partial charge on any atom is 0.329 e. The number of benzene rings is 2.